The van der Waals surface area contributed by atoms with Crippen molar-refractivity contribution >= 4 is 53.2 Å². The zero-order valence-corrected chi connectivity index (χ0v) is 14.2. The van der Waals surface area contributed by atoms with Crippen LogP contribution >= 0.6 is 43.2 Å². The molecule has 1 N–H and O–H groups in total. The lowest BCUT2D eigenvalue weighted by Gasteiger charge is -2.17. The lowest BCUT2D eigenvalue weighted by atomic mass is 10.3. The van der Waals surface area contributed by atoms with E-state index in [1.165, 1.54) is 22.7 Å². The van der Waals surface area contributed by atoms with Gasteiger partial charge >= 0.3 is 0 Å². The molecule has 1 aromatic heterocycles. The molecule has 0 aromatic carbocycles. The number of aliphatic hydroxyl groups excluding tert-OH is 1. The van der Waals surface area contributed by atoms with Crippen molar-refractivity contribution in [3.05, 3.63) is 13.6 Å². The highest BCUT2D eigenvalue weighted by atomic mass is 79.9. The van der Waals surface area contributed by atoms with E-state index in [4.69, 9.17) is 5.11 Å². The molecule has 1 unspecified atom stereocenters. The Hall–Kier alpha value is 0.530. The summed E-state index contributed by atoms with van der Waals surface area (Å²) in [5.74, 6) is 0. The second kappa shape index (κ2) is 6.12. The van der Waals surface area contributed by atoms with Crippen LogP contribution in [0.15, 0.2) is 18.5 Å². The molecule has 0 aliphatic carbocycles. The molecule has 0 bridgehead atoms. The molecule has 0 saturated heterocycles. The molecule has 0 radical (unpaired) electrons. The molecule has 0 saturated carbocycles. The van der Waals surface area contributed by atoms with Crippen LogP contribution in [-0.4, -0.2) is 37.5 Å². The van der Waals surface area contributed by atoms with E-state index in [1.807, 2.05) is 0 Å². The predicted molar refractivity (Wildman–Crippen MR) is 75.8 cm³/mol. The molecular weight excluding hydrogens is 394 g/mol. The van der Waals surface area contributed by atoms with Gasteiger partial charge in [-0.05, 0) is 51.3 Å². The van der Waals surface area contributed by atoms with Crippen molar-refractivity contribution in [3.8, 4) is 0 Å². The van der Waals surface area contributed by atoms with Gasteiger partial charge in [-0.1, -0.05) is 0 Å². The van der Waals surface area contributed by atoms with Crippen LogP contribution in [0.5, 0.6) is 0 Å². The maximum atomic E-state index is 12.2. The van der Waals surface area contributed by atoms with Crippen LogP contribution in [0.1, 0.15) is 13.3 Å². The lowest BCUT2D eigenvalue weighted by molar-refractivity contribution is 0.177. The summed E-state index contributed by atoms with van der Waals surface area (Å²) in [5.41, 5.74) is 0. The number of halogens is 2. The van der Waals surface area contributed by atoms with Crippen LogP contribution in [0.2, 0.25) is 0 Å². The van der Waals surface area contributed by atoms with Gasteiger partial charge in [0.25, 0.3) is 0 Å². The van der Waals surface area contributed by atoms with E-state index in [1.54, 1.807) is 13.0 Å². The van der Waals surface area contributed by atoms with Gasteiger partial charge in [0.2, 0.25) is 10.0 Å². The molecule has 0 aliphatic rings. The van der Waals surface area contributed by atoms with Crippen LogP contribution in [0.3, 0.4) is 0 Å². The zero-order chi connectivity index (χ0) is 13.2. The van der Waals surface area contributed by atoms with Crippen molar-refractivity contribution in [1.29, 1.82) is 0 Å². The fourth-order valence-corrected chi connectivity index (χ4v) is 6.10. The number of hydrogen-bond acceptors (Lipinski definition) is 4. The summed E-state index contributed by atoms with van der Waals surface area (Å²) in [6.07, 6.45) is -0.0936. The zero-order valence-electron chi connectivity index (χ0n) is 9.35. The predicted octanol–water partition coefficient (Wildman–Crippen LogP) is 2.66. The largest absolute Gasteiger partial charge is 0.393 e. The standard InChI is InChI=1S/C9H13Br2NO3S2/c1-6(13)3-4-12(2)17(14,15)7-5-8(10)16-9(7)11/h5-6,13H,3-4H2,1-2H3. The van der Waals surface area contributed by atoms with Gasteiger partial charge in [-0.2, -0.15) is 0 Å². The molecule has 0 fully saturated rings. The van der Waals surface area contributed by atoms with Crippen molar-refractivity contribution in [3.63, 3.8) is 0 Å². The first-order valence-corrected chi connectivity index (χ1v) is 8.68. The Labute approximate surface area is 122 Å². The van der Waals surface area contributed by atoms with Crippen LogP contribution in [0.4, 0.5) is 0 Å². The fraction of sp³-hybridized carbons (Fsp3) is 0.556. The summed E-state index contributed by atoms with van der Waals surface area (Å²) in [7, 11) is -1.98. The first-order chi connectivity index (χ1) is 7.75. The Morgan fingerprint density at radius 3 is 2.53 bits per heavy atom. The summed E-state index contributed by atoms with van der Waals surface area (Å²) in [5, 5.41) is 9.16. The SMILES string of the molecule is CC(O)CCN(C)S(=O)(=O)c1cc(Br)sc1Br. The van der Waals surface area contributed by atoms with Gasteiger partial charge in [0.05, 0.1) is 13.7 Å². The van der Waals surface area contributed by atoms with E-state index < -0.39 is 16.1 Å². The maximum Gasteiger partial charge on any atom is 0.244 e. The average Bonchev–Trinajstić information content (AvgIpc) is 2.54. The third-order valence-corrected chi connectivity index (χ3v) is 6.79. The van der Waals surface area contributed by atoms with Crippen molar-refractivity contribution < 1.29 is 13.5 Å². The number of hydrogen-bond donors (Lipinski definition) is 1. The van der Waals surface area contributed by atoms with Gasteiger partial charge in [0, 0.05) is 13.6 Å². The van der Waals surface area contributed by atoms with E-state index in [9.17, 15) is 8.42 Å². The van der Waals surface area contributed by atoms with Crippen molar-refractivity contribution in [2.75, 3.05) is 13.6 Å². The Morgan fingerprint density at radius 1 is 1.53 bits per heavy atom. The molecule has 8 heteroatoms. The summed E-state index contributed by atoms with van der Waals surface area (Å²) in [6, 6.07) is 1.57. The Balaban J connectivity index is 2.91. The molecule has 17 heavy (non-hydrogen) atoms. The Kier molecular flexibility index (Phi) is 5.61. The van der Waals surface area contributed by atoms with E-state index in [2.05, 4.69) is 31.9 Å². The maximum absolute atomic E-state index is 12.2. The normalized spacial score (nSPS) is 14.2. The van der Waals surface area contributed by atoms with Crippen molar-refractivity contribution in [2.45, 2.75) is 24.3 Å². The summed E-state index contributed by atoms with van der Waals surface area (Å²) in [6.45, 7) is 1.93. The smallest absolute Gasteiger partial charge is 0.244 e. The summed E-state index contributed by atoms with van der Waals surface area (Å²) < 4.78 is 26.9. The van der Waals surface area contributed by atoms with Gasteiger partial charge in [0.1, 0.15) is 4.90 Å². The second-order valence-corrected chi connectivity index (χ2v) is 9.42. The minimum Gasteiger partial charge on any atom is -0.393 e. The molecule has 98 valence electrons. The highest BCUT2D eigenvalue weighted by Crippen LogP contribution is 2.35. The highest BCUT2D eigenvalue weighted by molar-refractivity contribution is 9.12. The topological polar surface area (TPSA) is 57.6 Å². The van der Waals surface area contributed by atoms with Gasteiger partial charge in [-0.3, -0.25) is 0 Å². The summed E-state index contributed by atoms with van der Waals surface area (Å²) >= 11 is 7.80. The minimum atomic E-state index is -3.49. The third kappa shape index (κ3) is 4.00. The molecule has 1 rings (SSSR count). The highest BCUT2D eigenvalue weighted by Gasteiger charge is 2.25. The van der Waals surface area contributed by atoms with Crippen molar-refractivity contribution in [2.24, 2.45) is 0 Å². The monoisotopic (exact) mass is 405 g/mol. The van der Waals surface area contributed by atoms with E-state index in [0.29, 0.717) is 16.8 Å². The first kappa shape index (κ1) is 15.6. The van der Waals surface area contributed by atoms with Crippen LogP contribution < -0.4 is 0 Å². The minimum absolute atomic E-state index is 0.252. The molecular formula is C9H13Br2NO3S2. The molecule has 1 heterocycles. The van der Waals surface area contributed by atoms with Crippen LogP contribution in [0, 0.1) is 0 Å². The van der Waals surface area contributed by atoms with Gasteiger partial charge < -0.3 is 5.11 Å². The van der Waals surface area contributed by atoms with Gasteiger partial charge in [-0.15, -0.1) is 11.3 Å². The molecule has 1 aromatic rings. The third-order valence-electron chi connectivity index (χ3n) is 2.18. The number of aliphatic hydroxyl groups is 1. The van der Waals surface area contributed by atoms with Crippen LogP contribution in [-0.2, 0) is 10.0 Å². The quantitative estimate of drug-likeness (QED) is 0.817. The molecule has 1 atom stereocenters. The van der Waals surface area contributed by atoms with Crippen molar-refractivity contribution in [1.82, 2.24) is 4.31 Å². The van der Waals surface area contributed by atoms with E-state index >= 15 is 0 Å². The Bertz CT molecular complexity index is 484. The first-order valence-electron chi connectivity index (χ1n) is 4.84. The average molecular weight is 407 g/mol. The number of sulfonamides is 1. The second-order valence-electron chi connectivity index (χ2n) is 3.65. The fourth-order valence-electron chi connectivity index (χ4n) is 1.16. The lowest BCUT2D eigenvalue weighted by Crippen LogP contribution is -2.29. The summed E-state index contributed by atoms with van der Waals surface area (Å²) in [4.78, 5) is 0.252. The molecule has 0 aliphatic heterocycles. The number of thiophene rings is 1. The van der Waals surface area contributed by atoms with E-state index in [0.717, 1.165) is 3.79 Å². The van der Waals surface area contributed by atoms with E-state index in [-0.39, 0.29) is 4.90 Å². The van der Waals surface area contributed by atoms with Crippen LogP contribution in [0.25, 0.3) is 0 Å². The van der Waals surface area contributed by atoms with Gasteiger partial charge in [0.15, 0.2) is 0 Å². The number of nitrogens with zero attached hydrogens (tertiary/aromatic N) is 1. The molecule has 0 amide bonds. The Morgan fingerprint density at radius 2 is 2.12 bits per heavy atom. The number of rotatable bonds is 5. The molecule has 4 nitrogen and oxygen atoms in total. The van der Waals surface area contributed by atoms with Gasteiger partial charge in [-0.25, -0.2) is 12.7 Å². The molecule has 0 spiro atoms.